The number of amides is 4. The standard InChI is InChI=1S/C55H82N4O11/c1-32(2)25-42-46(60)29-38(11)49(61)57(14)44(27-34(5)6)54(66)70-48(31-41-23-19-37(10)20-24-41)52(64)59(16)43(26-33(3)4)53(65)68-39(12)50(62)58(15)45(28-35(7)8)55(67)69-47(51(63)56(42)13)30-40-21-17-36(9)18-22-40/h17-24,32-35,38-39,42-45,47-48H,25-31H2,1-16H3. The number of esters is 3. The van der Waals surface area contributed by atoms with E-state index in [0.29, 0.717) is 11.1 Å². The van der Waals surface area contributed by atoms with Gasteiger partial charge in [-0.15, -0.1) is 0 Å². The van der Waals surface area contributed by atoms with E-state index in [1.165, 1.54) is 49.8 Å². The molecule has 1 aliphatic heterocycles. The summed E-state index contributed by atoms with van der Waals surface area (Å²) < 4.78 is 18.1. The molecule has 0 bridgehead atoms. The van der Waals surface area contributed by atoms with E-state index in [9.17, 15) is 38.4 Å². The molecule has 2 aromatic rings. The third-order valence-electron chi connectivity index (χ3n) is 12.9. The number of hydrogen-bond donors (Lipinski definition) is 0. The van der Waals surface area contributed by atoms with Crippen LogP contribution in [0.25, 0.3) is 0 Å². The minimum atomic E-state index is -1.45. The van der Waals surface area contributed by atoms with Gasteiger partial charge in [-0.05, 0) is 81.3 Å². The molecule has 15 nitrogen and oxygen atoms in total. The first-order valence-electron chi connectivity index (χ1n) is 24.9. The molecule has 4 amide bonds. The number of Topliss-reactive ketones (excluding diaryl/α,β-unsaturated/α-hetero) is 1. The molecule has 1 aliphatic rings. The molecule has 388 valence electrons. The lowest BCUT2D eigenvalue weighted by Gasteiger charge is -2.35. The number of benzene rings is 2. The van der Waals surface area contributed by atoms with Gasteiger partial charge in [-0.2, -0.15) is 0 Å². The van der Waals surface area contributed by atoms with Gasteiger partial charge in [-0.3, -0.25) is 24.0 Å². The Bertz CT molecular complexity index is 1950. The Labute approximate surface area is 417 Å². The molecule has 8 atom stereocenters. The van der Waals surface area contributed by atoms with Crippen LogP contribution >= 0.6 is 0 Å². The van der Waals surface area contributed by atoms with Crippen LogP contribution in [0.5, 0.6) is 0 Å². The maximum atomic E-state index is 14.8. The normalized spacial score (nSPS) is 25.0. The number of carbonyl (C=O) groups excluding carboxylic acids is 8. The highest BCUT2D eigenvalue weighted by atomic mass is 16.6. The van der Waals surface area contributed by atoms with Crippen LogP contribution in [0.4, 0.5) is 0 Å². The number of aryl methyl sites for hydroxylation is 2. The Balaban J connectivity index is 2.26. The lowest BCUT2D eigenvalue weighted by Crippen LogP contribution is -2.54. The smallest absolute Gasteiger partial charge is 0.329 e. The Kier molecular flexibility index (Phi) is 22.3. The fraction of sp³-hybridized carbons (Fsp3) is 0.636. The molecule has 1 fully saturated rings. The van der Waals surface area contributed by atoms with Gasteiger partial charge in [-0.25, -0.2) is 14.4 Å². The van der Waals surface area contributed by atoms with Crippen molar-refractivity contribution in [3.05, 3.63) is 70.8 Å². The van der Waals surface area contributed by atoms with Crippen molar-refractivity contribution in [1.82, 2.24) is 19.6 Å². The highest BCUT2D eigenvalue weighted by Gasteiger charge is 2.42. The zero-order valence-electron chi connectivity index (χ0n) is 44.8. The summed E-state index contributed by atoms with van der Waals surface area (Å²) in [5, 5.41) is 0. The van der Waals surface area contributed by atoms with E-state index in [2.05, 4.69) is 0 Å². The van der Waals surface area contributed by atoms with Crippen molar-refractivity contribution in [2.24, 2.45) is 29.6 Å². The monoisotopic (exact) mass is 975 g/mol. The van der Waals surface area contributed by atoms with Crippen LogP contribution in [0.2, 0.25) is 0 Å². The van der Waals surface area contributed by atoms with Crippen molar-refractivity contribution in [2.45, 2.75) is 171 Å². The molecule has 0 aliphatic carbocycles. The molecule has 70 heavy (non-hydrogen) atoms. The molecule has 0 saturated carbocycles. The van der Waals surface area contributed by atoms with Crippen LogP contribution in [0.1, 0.15) is 124 Å². The van der Waals surface area contributed by atoms with Gasteiger partial charge >= 0.3 is 17.9 Å². The SMILES string of the molecule is Cc1ccc(CC2OC(=O)C(CC(C)C)N(C)C(=O)C(C)OC(=O)C(CC(C)C)N(C)C(=O)C(Cc3ccc(C)cc3)OC(=O)C(CC(C)C)N(C)C(=O)C(C)CC(=O)C(CC(C)C)N(C)C2=O)cc1. The first-order valence-corrected chi connectivity index (χ1v) is 24.9. The van der Waals surface area contributed by atoms with Gasteiger partial charge in [0.15, 0.2) is 24.1 Å². The second-order valence-electron chi connectivity index (χ2n) is 21.3. The topological polar surface area (TPSA) is 177 Å². The van der Waals surface area contributed by atoms with Crippen molar-refractivity contribution in [3.8, 4) is 0 Å². The van der Waals surface area contributed by atoms with Crippen molar-refractivity contribution in [1.29, 1.82) is 0 Å². The average Bonchev–Trinajstić information content (AvgIpc) is 3.29. The second-order valence-corrected chi connectivity index (χ2v) is 21.3. The highest BCUT2D eigenvalue weighted by Crippen LogP contribution is 2.25. The van der Waals surface area contributed by atoms with Gasteiger partial charge in [0.05, 0.1) is 6.04 Å². The first kappa shape index (κ1) is 58.7. The molecule has 3 rings (SSSR count). The Morgan fingerprint density at radius 3 is 1.10 bits per heavy atom. The van der Waals surface area contributed by atoms with Crippen molar-refractivity contribution in [2.75, 3.05) is 28.2 Å². The summed E-state index contributed by atoms with van der Waals surface area (Å²) in [6.45, 7) is 21.9. The average molecular weight is 975 g/mol. The van der Waals surface area contributed by atoms with Gasteiger partial charge < -0.3 is 33.8 Å². The van der Waals surface area contributed by atoms with Crippen molar-refractivity contribution < 1.29 is 52.6 Å². The summed E-state index contributed by atoms with van der Waals surface area (Å²) >= 11 is 0. The maximum Gasteiger partial charge on any atom is 0.329 e. The third-order valence-corrected chi connectivity index (χ3v) is 12.9. The number of nitrogens with zero attached hydrogens (tertiary/aromatic N) is 4. The minimum Gasteiger partial charge on any atom is -0.451 e. The molecule has 0 N–H and O–H groups in total. The molecule has 2 aromatic carbocycles. The van der Waals surface area contributed by atoms with Gasteiger partial charge in [0.2, 0.25) is 5.91 Å². The van der Waals surface area contributed by atoms with E-state index in [4.69, 9.17) is 14.2 Å². The lowest BCUT2D eigenvalue weighted by atomic mass is 9.91. The predicted octanol–water partition coefficient (Wildman–Crippen LogP) is 6.95. The fourth-order valence-corrected chi connectivity index (χ4v) is 8.73. The zero-order valence-corrected chi connectivity index (χ0v) is 44.8. The van der Waals surface area contributed by atoms with Crippen molar-refractivity contribution >= 4 is 47.3 Å². The van der Waals surface area contributed by atoms with Crippen LogP contribution in [-0.2, 0) is 65.4 Å². The van der Waals surface area contributed by atoms with E-state index < -0.39 is 95.7 Å². The van der Waals surface area contributed by atoms with E-state index >= 15 is 0 Å². The Morgan fingerprint density at radius 2 is 0.743 bits per heavy atom. The number of carbonyl (C=O) groups is 8. The van der Waals surface area contributed by atoms with E-state index in [-0.39, 0.29) is 68.6 Å². The largest absolute Gasteiger partial charge is 0.451 e. The summed E-state index contributed by atoms with van der Waals surface area (Å²) in [4.78, 5) is 121. The van der Waals surface area contributed by atoms with E-state index in [1.54, 1.807) is 6.92 Å². The predicted molar refractivity (Wildman–Crippen MR) is 268 cm³/mol. The molecule has 0 aromatic heterocycles. The zero-order chi connectivity index (χ0) is 52.9. The summed E-state index contributed by atoms with van der Waals surface area (Å²) in [6, 6.07) is 10.1. The molecule has 15 heteroatoms. The van der Waals surface area contributed by atoms with Gasteiger partial charge in [0.25, 0.3) is 17.7 Å². The van der Waals surface area contributed by atoms with Crippen LogP contribution in [0.15, 0.2) is 48.5 Å². The number of rotatable bonds is 12. The van der Waals surface area contributed by atoms with Gasteiger partial charge in [0, 0.05) is 53.4 Å². The Hall–Kier alpha value is -5.60. The molecular weight excluding hydrogens is 893 g/mol. The highest BCUT2D eigenvalue weighted by molar-refractivity contribution is 5.96. The molecule has 0 radical (unpaired) electrons. The fourth-order valence-electron chi connectivity index (χ4n) is 8.73. The number of likely N-dealkylation sites (N-methyl/N-ethyl adjacent to an activating group) is 4. The summed E-state index contributed by atoms with van der Waals surface area (Å²) in [5.41, 5.74) is 3.31. The van der Waals surface area contributed by atoms with Gasteiger partial charge in [0.1, 0.15) is 18.1 Å². The van der Waals surface area contributed by atoms with Gasteiger partial charge in [-0.1, -0.05) is 122 Å². The molecule has 1 heterocycles. The van der Waals surface area contributed by atoms with E-state index in [0.717, 1.165) is 16.0 Å². The first-order chi connectivity index (χ1) is 32.6. The van der Waals surface area contributed by atoms with Crippen LogP contribution < -0.4 is 0 Å². The number of ketones is 1. The van der Waals surface area contributed by atoms with Crippen LogP contribution in [0.3, 0.4) is 0 Å². The third kappa shape index (κ3) is 16.8. The summed E-state index contributed by atoms with van der Waals surface area (Å²) in [6.07, 6.45) is -4.03. The number of cyclic esters (lactones) is 3. The number of hydrogen-bond acceptors (Lipinski definition) is 11. The molecule has 8 unspecified atom stereocenters. The Morgan fingerprint density at radius 1 is 0.443 bits per heavy atom. The molecular formula is C55H82N4O11. The van der Waals surface area contributed by atoms with E-state index in [1.807, 2.05) is 118 Å². The molecule has 0 spiro atoms. The second kappa shape index (κ2) is 26.6. The summed E-state index contributed by atoms with van der Waals surface area (Å²) in [7, 11) is 5.78. The quantitative estimate of drug-likeness (QED) is 0.159. The molecule has 1 saturated heterocycles. The minimum absolute atomic E-state index is 0.0414. The summed E-state index contributed by atoms with van der Waals surface area (Å²) in [5.74, 6) is -6.99. The van der Waals surface area contributed by atoms with Crippen molar-refractivity contribution in [3.63, 3.8) is 0 Å². The number of ether oxygens (including phenoxy) is 3. The van der Waals surface area contributed by atoms with Crippen LogP contribution in [-0.4, -0.2) is 138 Å². The maximum absolute atomic E-state index is 14.8. The van der Waals surface area contributed by atoms with Crippen LogP contribution in [0, 0.1) is 43.4 Å². The lowest BCUT2D eigenvalue weighted by molar-refractivity contribution is -0.174.